The lowest BCUT2D eigenvalue weighted by atomic mass is 10.2. The van der Waals surface area contributed by atoms with Gasteiger partial charge < -0.3 is 4.43 Å². The molecule has 0 saturated carbocycles. The normalized spacial score (nSPS) is 11.3. The third-order valence-electron chi connectivity index (χ3n) is 0.713. The highest BCUT2D eigenvalue weighted by Gasteiger charge is 2.07. The van der Waals surface area contributed by atoms with Crippen molar-refractivity contribution >= 4 is 9.76 Å². The van der Waals surface area contributed by atoms with E-state index in [1.54, 1.807) is 0 Å². The predicted molar refractivity (Wildman–Crippen MR) is 46.0 cm³/mol. The molecule has 10 heavy (non-hydrogen) atoms. The van der Waals surface area contributed by atoms with Crippen molar-refractivity contribution in [1.29, 1.82) is 0 Å². The molecular weight excluding hydrogens is 140 g/mol. The number of allylic oxidation sites excluding steroid dienone is 1. The number of rotatable bonds is 2. The van der Waals surface area contributed by atoms with Gasteiger partial charge >= 0.3 is 0 Å². The number of hydrogen-bond acceptors (Lipinski definition) is 1. The zero-order chi connectivity index (χ0) is 8.20. The van der Waals surface area contributed by atoms with Gasteiger partial charge in [-0.1, -0.05) is 11.3 Å². The first-order chi connectivity index (χ1) is 4.42. The average molecular weight is 156 g/mol. The summed E-state index contributed by atoms with van der Waals surface area (Å²) in [5.41, 5.74) is 3.44. The Morgan fingerprint density at radius 3 is 2.10 bits per heavy atom. The maximum Gasteiger partial charge on any atom is 0.261 e. The van der Waals surface area contributed by atoms with E-state index in [9.17, 15) is 0 Å². The van der Waals surface area contributed by atoms with Gasteiger partial charge in [0.1, 0.15) is 0 Å². The molecule has 0 aromatic carbocycles. The highest BCUT2D eigenvalue weighted by atomic mass is 28.2. The van der Waals surface area contributed by atoms with Crippen LogP contribution in [0.15, 0.2) is 11.3 Å². The predicted octanol–water partition coefficient (Wildman–Crippen LogP) is 2.34. The van der Waals surface area contributed by atoms with Gasteiger partial charge in [-0.25, -0.2) is 0 Å². The molecule has 2 heteroatoms. The fraction of sp³-hybridized carbons (Fsp3) is 0.750. The summed E-state index contributed by atoms with van der Waals surface area (Å²) in [6, 6.07) is 0. The minimum Gasteiger partial charge on any atom is -0.407 e. The maximum atomic E-state index is 5.49. The molecule has 0 unspecified atom stereocenters. The monoisotopic (exact) mass is 156 g/mol. The first-order valence-corrected chi connectivity index (χ1v) is 4.47. The van der Waals surface area contributed by atoms with E-state index in [4.69, 9.17) is 4.43 Å². The molecule has 2 radical (unpaired) electrons. The topological polar surface area (TPSA) is 9.23 Å². The Kier molecular flexibility index (Phi) is 3.90. The van der Waals surface area contributed by atoms with Crippen LogP contribution in [0.3, 0.4) is 0 Å². The molecule has 1 nitrogen and oxygen atoms in total. The first kappa shape index (κ1) is 9.92. The Morgan fingerprint density at radius 2 is 1.80 bits per heavy atom. The lowest BCUT2D eigenvalue weighted by Crippen LogP contribution is -2.20. The summed E-state index contributed by atoms with van der Waals surface area (Å²) in [5.74, 6) is 0. The second-order valence-corrected chi connectivity index (χ2v) is 4.28. The fourth-order valence-electron chi connectivity index (χ4n) is 0.324. The van der Waals surface area contributed by atoms with Crippen molar-refractivity contribution in [2.45, 2.75) is 40.2 Å². The van der Waals surface area contributed by atoms with Gasteiger partial charge in [0.25, 0.3) is 9.76 Å². The smallest absolute Gasteiger partial charge is 0.261 e. The van der Waals surface area contributed by atoms with Crippen molar-refractivity contribution in [3.8, 4) is 0 Å². The molecule has 0 N–H and O–H groups in total. The molecule has 0 aliphatic rings. The van der Waals surface area contributed by atoms with Crippen LogP contribution in [0.4, 0.5) is 0 Å². The van der Waals surface area contributed by atoms with Gasteiger partial charge in [-0.05, 0) is 34.6 Å². The largest absolute Gasteiger partial charge is 0.407 e. The molecule has 0 aromatic heterocycles. The molecule has 0 fully saturated rings. The van der Waals surface area contributed by atoms with E-state index >= 15 is 0 Å². The summed E-state index contributed by atoms with van der Waals surface area (Å²) in [5, 5.41) is 0. The lowest BCUT2D eigenvalue weighted by Gasteiger charge is -2.17. The van der Waals surface area contributed by atoms with Crippen molar-refractivity contribution in [2.24, 2.45) is 0 Å². The molecule has 0 saturated heterocycles. The molecule has 0 atom stereocenters. The average Bonchev–Trinajstić information content (AvgIpc) is 1.59. The van der Waals surface area contributed by atoms with E-state index in [2.05, 4.69) is 40.3 Å². The Balaban J connectivity index is 3.47. The Hall–Kier alpha value is -0.0831. The SMILES string of the molecule is CC(C)=C[Si]OC(C)(C)C. The Labute approximate surface area is 66.4 Å². The maximum absolute atomic E-state index is 5.49. The minimum absolute atomic E-state index is 0.00436. The number of hydrogen-bond donors (Lipinski definition) is 0. The summed E-state index contributed by atoms with van der Waals surface area (Å²) in [6.45, 7) is 10.4. The zero-order valence-corrected chi connectivity index (χ0v) is 8.49. The first-order valence-electron chi connectivity index (χ1n) is 3.49. The van der Waals surface area contributed by atoms with E-state index in [1.807, 2.05) is 0 Å². The van der Waals surface area contributed by atoms with Crippen LogP contribution in [0.1, 0.15) is 34.6 Å². The quantitative estimate of drug-likeness (QED) is 0.558. The van der Waals surface area contributed by atoms with Crippen LogP contribution >= 0.6 is 0 Å². The van der Waals surface area contributed by atoms with Crippen molar-refractivity contribution in [3.05, 3.63) is 11.3 Å². The summed E-state index contributed by atoms with van der Waals surface area (Å²) in [6.07, 6.45) is 0. The summed E-state index contributed by atoms with van der Waals surface area (Å²) in [4.78, 5) is 0. The van der Waals surface area contributed by atoms with Crippen molar-refractivity contribution in [2.75, 3.05) is 0 Å². The standard InChI is InChI=1S/C8H16OSi/c1-7(2)6-10-9-8(3,4)5/h6H,1-5H3. The molecule has 0 amide bonds. The summed E-state index contributed by atoms with van der Waals surface area (Å²) < 4.78 is 5.49. The van der Waals surface area contributed by atoms with Crippen LogP contribution < -0.4 is 0 Å². The van der Waals surface area contributed by atoms with Crippen LogP contribution in [0.5, 0.6) is 0 Å². The highest BCUT2D eigenvalue weighted by Crippen LogP contribution is 2.05. The minimum atomic E-state index is 0.00436. The lowest BCUT2D eigenvalue weighted by molar-refractivity contribution is 0.141. The molecule has 58 valence electrons. The zero-order valence-electron chi connectivity index (χ0n) is 7.49. The molecule has 0 aromatic rings. The molecular formula is C8H16OSi. The molecule has 0 aliphatic heterocycles. The van der Waals surface area contributed by atoms with Gasteiger partial charge in [-0.3, -0.25) is 0 Å². The third-order valence-corrected chi connectivity index (χ3v) is 2.14. The van der Waals surface area contributed by atoms with Crippen molar-refractivity contribution in [1.82, 2.24) is 0 Å². The van der Waals surface area contributed by atoms with Gasteiger partial charge in [0, 0.05) is 5.60 Å². The van der Waals surface area contributed by atoms with Gasteiger partial charge in [0.2, 0.25) is 0 Å². The molecule has 0 rings (SSSR count). The van der Waals surface area contributed by atoms with Gasteiger partial charge in [0.15, 0.2) is 0 Å². The fourth-order valence-corrected chi connectivity index (χ4v) is 0.972. The van der Waals surface area contributed by atoms with Crippen LogP contribution in [-0.4, -0.2) is 15.4 Å². The van der Waals surface area contributed by atoms with E-state index in [0.717, 1.165) is 0 Å². The molecule has 0 spiro atoms. The van der Waals surface area contributed by atoms with Crippen molar-refractivity contribution in [3.63, 3.8) is 0 Å². The van der Waals surface area contributed by atoms with Crippen LogP contribution in [-0.2, 0) is 4.43 Å². The van der Waals surface area contributed by atoms with E-state index in [-0.39, 0.29) is 5.60 Å². The Bertz CT molecular complexity index is 118. The van der Waals surface area contributed by atoms with Crippen LogP contribution in [0.25, 0.3) is 0 Å². The molecule has 0 heterocycles. The van der Waals surface area contributed by atoms with Gasteiger partial charge in [-0.15, -0.1) is 0 Å². The van der Waals surface area contributed by atoms with Gasteiger partial charge in [0.05, 0.1) is 0 Å². The highest BCUT2D eigenvalue weighted by molar-refractivity contribution is 6.34. The second-order valence-electron chi connectivity index (χ2n) is 3.55. The van der Waals surface area contributed by atoms with E-state index in [0.29, 0.717) is 9.76 Å². The van der Waals surface area contributed by atoms with Gasteiger partial charge in [-0.2, -0.15) is 0 Å². The van der Waals surface area contributed by atoms with E-state index < -0.39 is 0 Å². The Morgan fingerprint density at radius 1 is 1.30 bits per heavy atom. The van der Waals surface area contributed by atoms with Crippen molar-refractivity contribution < 1.29 is 4.43 Å². The molecule has 0 bridgehead atoms. The van der Waals surface area contributed by atoms with Crippen LogP contribution in [0, 0.1) is 0 Å². The van der Waals surface area contributed by atoms with Crippen LogP contribution in [0.2, 0.25) is 0 Å². The second kappa shape index (κ2) is 3.94. The summed E-state index contributed by atoms with van der Waals surface area (Å²) in [7, 11) is 0.502. The van der Waals surface area contributed by atoms with E-state index in [1.165, 1.54) is 5.57 Å². The molecule has 0 aliphatic carbocycles. The summed E-state index contributed by atoms with van der Waals surface area (Å²) >= 11 is 0. The third kappa shape index (κ3) is 7.92.